The first-order valence-corrected chi connectivity index (χ1v) is 10.0. The van der Waals surface area contributed by atoms with Crippen LogP contribution in [0.25, 0.3) is 11.4 Å². The van der Waals surface area contributed by atoms with Crippen molar-refractivity contribution in [3.8, 4) is 11.4 Å². The van der Waals surface area contributed by atoms with Gasteiger partial charge in [-0.05, 0) is 18.2 Å². The molecule has 27 heavy (non-hydrogen) atoms. The summed E-state index contributed by atoms with van der Waals surface area (Å²) < 4.78 is 29.9. The van der Waals surface area contributed by atoms with Gasteiger partial charge in [0.1, 0.15) is 0 Å². The van der Waals surface area contributed by atoms with Crippen LogP contribution in [0.5, 0.6) is 0 Å². The van der Waals surface area contributed by atoms with Gasteiger partial charge in [0, 0.05) is 11.3 Å². The zero-order valence-electron chi connectivity index (χ0n) is 14.1. The van der Waals surface area contributed by atoms with E-state index in [2.05, 4.69) is 20.2 Å². The van der Waals surface area contributed by atoms with Crippen LogP contribution in [0, 0.1) is 0 Å². The summed E-state index contributed by atoms with van der Waals surface area (Å²) >= 11 is 6.07. The molecule has 2 N–H and O–H groups in total. The van der Waals surface area contributed by atoms with Crippen molar-refractivity contribution in [2.75, 3.05) is 11.0 Å². The Kier molecular flexibility index (Phi) is 5.43. The molecule has 0 spiro atoms. The molecule has 0 radical (unpaired) electrons. The lowest BCUT2D eigenvalue weighted by Crippen LogP contribution is -2.23. The minimum Gasteiger partial charge on any atom is -0.343 e. The Morgan fingerprint density at radius 2 is 1.93 bits per heavy atom. The second kappa shape index (κ2) is 7.77. The van der Waals surface area contributed by atoms with Crippen LogP contribution in [-0.2, 0) is 16.6 Å². The number of nitrogens with zero attached hydrogens (tertiary/aromatic N) is 2. The summed E-state index contributed by atoms with van der Waals surface area (Å²) in [7, 11) is -3.43. The highest BCUT2D eigenvalue weighted by atomic mass is 35.5. The van der Waals surface area contributed by atoms with Crippen LogP contribution >= 0.6 is 11.6 Å². The van der Waals surface area contributed by atoms with E-state index in [1.54, 1.807) is 0 Å². The number of amides is 1. The van der Waals surface area contributed by atoms with Crippen LogP contribution in [0.4, 0.5) is 5.69 Å². The van der Waals surface area contributed by atoms with Crippen molar-refractivity contribution in [2.24, 2.45) is 0 Å². The maximum atomic E-state index is 12.3. The van der Waals surface area contributed by atoms with Gasteiger partial charge in [-0.25, -0.2) is 8.42 Å². The Balaban J connectivity index is 1.65. The smallest absolute Gasteiger partial charge is 0.253 e. The molecule has 3 rings (SSSR count). The first-order valence-electron chi connectivity index (χ1n) is 7.75. The highest BCUT2D eigenvalue weighted by Crippen LogP contribution is 2.22. The number of halogens is 1. The van der Waals surface area contributed by atoms with Gasteiger partial charge in [-0.1, -0.05) is 47.1 Å². The third-order valence-corrected chi connectivity index (χ3v) is 4.34. The van der Waals surface area contributed by atoms with E-state index in [0.29, 0.717) is 5.82 Å². The fourth-order valence-corrected chi connectivity index (χ4v) is 3.08. The van der Waals surface area contributed by atoms with Crippen molar-refractivity contribution < 1.29 is 17.7 Å². The predicted molar refractivity (Wildman–Crippen MR) is 101 cm³/mol. The van der Waals surface area contributed by atoms with Crippen LogP contribution in [0.1, 0.15) is 16.2 Å². The third-order valence-electron chi connectivity index (χ3n) is 3.42. The maximum Gasteiger partial charge on any atom is 0.253 e. The van der Waals surface area contributed by atoms with Crippen LogP contribution in [0.3, 0.4) is 0 Å². The molecular formula is C17H15ClN4O4S. The summed E-state index contributed by atoms with van der Waals surface area (Å²) in [6.45, 7) is 0.0261. The van der Waals surface area contributed by atoms with E-state index >= 15 is 0 Å². The van der Waals surface area contributed by atoms with Gasteiger partial charge in [0.25, 0.3) is 5.91 Å². The average Bonchev–Trinajstić information content (AvgIpc) is 3.08. The first kappa shape index (κ1) is 18.9. The van der Waals surface area contributed by atoms with Crippen molar-refractivity contribution >= 4 is 33.2 Å². The van der Waals surface area contributed by atoms with Gasteiger partial charge in [-0.15, -0.1) is 0 Å². The number of benzene rings is 2. The lowest BCUT2D eigenvalue weighted by molar-refractivity contribution is 0.0946. The van der Waals surface area contributed by atoms with Crippen LogP contribution in [0.2, 0.25) is 5.02 Å². The Morgan fingerprint density at radius 1 is 1.19 bits per heavy atom. The van der Waals surface area contributed by atoms with E-state index in [9.17, 15) is 13.2 Å². The van der Waals surface area contributed by atoms with Gasteiger partial charge >= 0.3 is 0 Å². The Morgan fingerprint density at radius 3 is 2.59 bits per heavy atom. The molecule has 0 aliphatic rings. The first-order chi connectivity index (χ1) is 12.8. The largest absolute Gasteiger partial charge is 0.343 e. The predicted octanol–water partition coefficient (Wildman–Crippen LogP) is 2.69. The van der Waals surface area contributed by atoms with Crippen LogP contribution in [0.15, 0.2) is 53.1 Å². The van der Waals surface area contributed by atoms with E-state index in [1.807, 2.05) is 30.3 Å². The molecule has 140 valence electrons. The Hall–Kier alpha value is -2.91. The third kappa shape index (κ3) is 5.05. The van der Waals surface area contributed by atoms with Gasteiger partial charge in [0.05, 0.1) is 23.4 Å². The number of anilines is 1. The lowest BCUT2D eigenvalue weighted by Gasteiger charge is -2.08. The second-order valence-corrected chi connectivity index (χ2v) is 7.78. The van der Waals surface area contributed by atoms with E-state index in [-0.39, 0.29) is 28.7 Å². The van der Waals surface area contributed by atoms with Crippen molar-refractivity contribution in [1.29, 1.82) is 0 Å². The molecule has 3 aromatic rings. The lowest BCUT2D eigenvalue weighted by atomic mass is 10.2. The van der Waals surface area contributed by atoms with E-state index < -0.39 is 15.9 Å². The molecule has 8 nitrogen and oxygen atoms in total. The van der Waals surface area contributed by atoms with Gasteiger partial charge in [-0.2, -0.15) is 4.98 Å². The van der Waals surface area contributed by atoms with Gasteiger partial charge < -0.3 is 9.84 Å². The van der Waals surface area contributed by atoms with Crippen molar-refractivity contribution in [2.45, 2.75) is 6.54 Å². The Labute approximate surface area is 160 Å². The Bertz CT molecular complexity index is 1070. The van der Waals surface area contributed by atoms with E-state index in [1.165, 1.54) is 18.2 Å². The molecular weight excluding hydrogens is 392 g/mol. The molecule has 0 saturated heterocycles. The number of aromatic nitrogens is 2. The molecule has 10 heteroatoms. The van der Waals surface area contributed by atoms with Crippen LogP contribution < -0.4 is 10.0 Å². The van der Waals surface area contributed by atoms with Crippen LogP contribution in [-0.4, -0.2) is 30.7 Å². The number of hydrogen-bond acceptors (Lipinski definition) is 6. The molecule has 0 saturated carbocycles. The number of sulfonamides is 1. The summed E-state index contributed by atoms with van der Waals surface area (Å²) in [4.78, 5) is 16.5. The normalized spacial score (nSPS) is 11.2. The molecule has 2 aromatic carbocycles. The average molecular weight is 407 g/mol. The summed E-state index contributed by atoms with van der Waals surface area (Å²) in [5, 5.41) is 6.61. The molecule has 0 atom stereocenters. The summed E-state index contributed by atoms with van der Waals surface area (Å²) in [6, 6.07) is 13.5. The summed E-state index contributed by atoms with van der Waals surface area (Å²) in [5.41, 5.74) is 1.26. The van der Waals surface area contributed by atoms with Crippen molar-refractivity contribution in [1.82, 2.24) is 15.5 Å². The molecule has 0 fully saturated rings. The molecule has 0 bridgehead atoms. The maximum absolute atomic E-state index is 12.3. The number of rotatable bonds is 6. The minimum atomic E-state index is -3.43. The van der Waals surface area contributed by atoms with Crippen molar-refractivity contribution in [3.63, 3.8) is 0 Å². The second-order valence-electron chi connectivity index (χ2n) is 5.63. The fourth-order valence-electron chi connectivity index (χ4n) is 2.26. The number of hydrogen-bond donors (Lipinski definition) is 2. The number of carbonyl (C=O) groups excluding carboxylic acids is 1. The molecule has 1 aromatic heterocycles. The van der Waals surface area contributed by atoms with Gasteiger partial charge in [-0.3, -0.25) is 9.52 Å². The summed E-state index contributed by atoms with van der Waals surface area (Å²) in [5.74, 6) is 0.216. The fraction of sp³-hybridized carbons (Fsp3) is 0.118. The SMILES string of the molecule is CS(=O)(=O)Nc1ccc(C(=O)NCc2nc(-c3ccccc3)no2)c(Cl)c1. The number of carbonyl (C=O) groups is 1. The molecule has 1 amide bonds. The number of nitrogens with one attached hydrogen (secondary N) is 2. The summed E-state index contributed by atoms with van der Waals surface area (Å²) in [6.07, 6.45) is 1.02. The molecule has 0 aliphatic heterocycles. The van der Waals surface area contributed by atoms with E-state index in [4.69, 9.17) is 16.1 Å². The van der Waals surface area contributed by atoms with Gasteiger partial charge in [0.2, 0.25) is 21.7 Å². The quantitative estimate of drug-likeness (QED) is 0.650. The molecule has 0 aliphatic carbocycles. The topological polar surface area (TPSA) is 114 Å². The molecule has 0 unspecified atom stereocenters. The minimum absolute atomic E-state index is 0.0261. The standard InChI is InChI=1S/C17H15ClN4O4S/c1-27(24,25)22-12-7-8-13(14(18)9-12)17(23)19-10-15-20-16(21-26-15)11-5-3-2-4-6-11/h2-9,22H,10H2,1H3,(H,19,23). The highest BCUT2D eigenvalue weighted by Gasteiger charge is 2.14. The zero-order chi connectivity index (χ0) is 19.4. The molecule has 1 heterocycles. The zero-order valence-corrected chi connectivity index (χ0v) is 15.7. The van der Waals surface area contributed by atoms with Crippen molar-refractivity contribution in [3.05, 3.63) is 65.0 Å². The van der Waals surface area contributed by atoms with Gasteiger partial charge in [0.15, 0.2) is 0 Å². The monoisotopic (exact) mass is 406 g/mol. The highest BCUT2D eigenvalue weighted by molar-refractivity contribution is 7.92. The van der Waals surface area contributed by atoms with E-state index in [0.717, 1.165) is 11.8 Å².